The first kappa shape index (κ1) is 18.1. The van der Waals surface area contributed by atoms with Crippen LogP contribution in [0.3, 0.4) is 0 Å². The van der Waals surface area contributed by atoms with Gasteiger partial charge < -0.3 is 4.98 Å². The Kier molecular flexibility index (Phi) is 4.36. The van der Waals surface area contributed by atoms with Crippen molar-refractivity contribution in [1.29, 1.82) is 0 Å². The number of carbonyl (C=O) groups excluding carboxylic acids is 1. The lowest BCUT2D eigenvalue weighted by molar-refractivity contribution is 0.101. The Balaban J connectivity index is 1.90. The van der Waals surface area contributed by atoms with Gasteiger partial charge >= 0.3 is 0 Å². The number of ketones is 1. The van der Waals surface area contributed by atoms with Crippen molar-refractivity contribution in [2.45, 2.75) is 38.0 Å². The van der Waals surface area contributed by atoms with Crippen molar-refractivity contribution in [3.8, 4) is 0 Å². The molecular formula is C19H21N3O3S. The molecule has 0 atom stereocenters. The van der Waals surface area contributed by atoms with Crippen molar-refractivity contribution in [3.05, 3.63) is 53.9 Å². The summed E-state index contributed by atoms with van der Waals surface area (Å²) in [6.07, 6.45) is 0. The fraction of sp³-hybridized carbons (Fsp3) is 0.263. The highest BCUT2D eigenvalue weighted by atomic mass is 32.2. The second-order valence-electron chi connectivity index (χ2n) is 7.25. The number of rotatable bonds is 4. The summed E-state index contributed by atoms with van der Waals surface area (Å²) in [6, 6.07) is 11.0. The number of hydrogen-bond acceptors (Lipinski definition) is 4. The number of hydrogen-bond donors (Lipinski definition) is 2. The lowest BCUT2D eigenvalue weighted by Crippen LogP contribution is -2.13. The molecule has 0 unspecified atom stereocenters. The summed E-state index contributed by atoms with van der Waals surface area (Å²) in [5, 5.41) is 0. The van der Waals surface area contributed by atoms with E-state index < -0.39 is 10.0 Å². The Labute approximate surface area is 152 Å². The van der Waals surface area contributed by atoms with Gasteiger partial charge in [0, 0.05) is 11.0 Å². The third kappa shape index (κ3) is 3.62. The molecule has 0 spiro atoms. The summed E-state index contributed by atoms with van der Waals surface area (Å²) in [5.41, 5.74) is 2.33. The molecule has 6 nitrogen and oxygen atoms in total. The van der Waals surface area contributed by atoms with Crippen LogP contribution in [-0.2, 0) is 15.4 Å². The predicted molar refractivity (Wildman–Crippen MR) is 102 cm³/mol. The number of anilines is 1. The molecule has 0 amide bonds. The van der Waals surface area contributed by atoms with Crippen LogP contribution < -0.4 is 4.72 Å². The van der Waals surface area contributed by atoms with Crippen molar-refractivity contribution >= 4 is 32.5 Å². The first-order valence-corrected chi connectivity index (χ1v) is 9.69. The van der Waals surface area contributed by atoms with Gasteiger partial charge in [0.1, 0.15) is 5.82 Å². The minimum absolute atomic E-state index is 0.0996. The molecule has 1 aromatic heterocycles. The van der Waals surface area contributed by atoms with Crippen LogP contribution >= 0.6 is 0 Å². The molecule has 0 fully saturated rings. The van der Waals surface area contributed by atoms with E-state index in [0.717, 1.165) is 16.9 Å². The number of fused-ring (bicyclic) bond motifs is 1. The highest BCUT2D eigenvalue weighted by Gasteiger charge is 2.19. The molecule has 0 aliphatic rings. The standard InChI is InChI=1S/C19H21N3O3S/c1-12(23)13-5-8-15(9-6-13)26(24,25)22-14-7-10-16-17(11-14)21-18(20-16)19(2,3)4/h5-11,22H,1-4H3,(H,20,21). The monoisotopic (exact) mass is 371 g/mol. The lowest BCUT2D eigenvalue weighted by atomic mass is 9.96. The first-order valence-electron chi connectivity index (χ1n) is 8.20. The zero-order chi connectivity index (χ0) is 19.1. The van der Waals surface area contributed by atoms with Gasteiger partial charge in [-0.3, -0.25) is 9.52 Å². The molecule has 136 valence electrons. The molecule has 3 rings (SSSR count). The smallest absolute Gasteiger partial charge is 0.261 e. The third-order valence-corrected chi connectivity index (χ3v) is 5.41. The molecule has 1 heterocycles. The van der Waals surface area contributed by atoms with Gasteiger partial charge in [0.2, 0.25) is 0 Å². The van der Waals surface area contributed by atoms with Gasteiger partial charge in [-0.15, -0.1) is 0 Å². The third-order valence-electron chi connectivity index (χ3n) is 4.02. The van der Waals surface area contributed by atoms with Crippen LogP contribution in [0.1, 0.15) is 43.9 Å². The van der Waals surface area contributed by atoms with Crippen LogP contribution in [0, 0.1) is 0 Å². The summed E-state index contributed by atoms with van der Waals surface area (Å²) < 4.78 is 27.7. The zero-order valence-corrected chi connectivity index (χ0v) is 15.9. The fourth-order valence-electron chi connectivity index (χ4n) is 2.51. The number of sulfonamides is 1. The lowest BCUT2D eigenvalue weighted by Gasteiger charge is -2.13. The molecule has 0 radical (unpaired) electrons. The average Bonchev–Trinajstić information content (AvgIpc) is 2.98. The fourth-order valence-corrected chi connectivity index (χ4v) is 3.56. The second-order valence-corrected chi connectivity index (χ2v) is 8.94. The molecule has 0 aliphatic heterocycles. The molecule has 3 aromatic rings. The van der Waals surface area contributed by atoms with E-state index in [4.69, 9.17) is 0 Å². The van der Waals surface area contributed by atoms with Gasteiger partial charge in [0.15, 0.2) is 5.78 Å². The van der Waals surface area contributed by atoms with Crippen molar-refractivity contribution in [3.63, 3.8) is 0 Å². The minimum Gasteiger partial charge on any atom is -0.341 e. The Morgan fingerprint density at radius 3 is 2.31 bits per heavy atom. The van der Waals surface area contributed by atoms with E-state index in [1.807, 2.05) is 0 Å². The maximum atomic E-state index is 12.6. The Morgan fingerprint density at radius 2 is 1.73 bits per heavy atom. The maximum absolute atomic E-state index is 12.6. The average molecular weight is 371 g/mol. The van der Waals surface area contributed by atoms with Gasteiger partial charge in [0.05, 0.1) is 21.6 Å². The molecular weight excluding hydrogens is 350 g/mol. The number of aromatic amines is 1. The Bertz CT molecular complexity index is 1080. The van der Waals surface area contributed by atoms with E-state index in [-0.39, 0.29) is 16.1 Å². The van der Waals surface area contributed by atoms with E-state index >= 15 is 0 Å². The maximum Gasteiger partial charge on any atom is 0.261 e. The predicted octanol–water partition coefficient (Wildman–Crippen LogP) is 3.86. The molecule has 7 heteroatoms. The van der Waals surface area contributed by atoms with Crippen LogP contribution in [0.15, 0.2) is 47.4 Å². The number of nitrogens with one attached hydrogen (secondary N) is 2. The highest BCUT2D eigenvalue weighted by molar-refractivity contribution is 7.92. The summed E-state index contributed by atoms with van der Waals surface area (Å²) in [5.74, 6) is 0.730. The largest absolute Gasteiger partial charge is 0.341 e. The second kappa shape index (κ2) is 6.25. The summed E-state index contributed by atoms with van der Waals surface area (Å²) in [4.78, 5) is 19.2. The van der Waals surface area contributed by atoms with Crippen LogP contribution in [0.25, 0.3) is 11.0 Å². The van der Waals surface area contributed by atoms with Crippen LogP contribution in [0.2, 0.25) is 0 Å². The van der Waals surface area contributed by atoms with Gasteiger partial charge in [0.25, 0.3) is 10.0 Å². The van der Waals surface area contributed by atoms with Crippen molar-refractivity contribution in [2.24, 2.45) is 0 Å². The van der Waals surface area contributed by atoms with Crippen molar-refractivity contribution in [2.75, 3.05) is 4.72 Å². The number of imidazole rings is 1. The number of benzene rings is 2. The van der Waals surface area contributed by atoms with Gasteiger partial charge in [-0.05, 0) is 37.3 Å². The SMILES string of the molecule is CC(=O)c1ccc(S(=O)(=O)Nc2ccc3nc(C(C)(C)C)[nH]c3c2)cc1. The molecule has 0 aliphatic carbocycles. The topological polar surface area (TPSA) is 91.9 Å². The molecule has 0 bridgehead atoms. The molecule has 0 saturated heterocycles. The number of nitrogens with zero attached hydrogens (tertiary/aromatic N) is 1. The van der Waals surface area contributed by atoms with E-state index in [1.165, 1.54) is 31.2 Å². The quantitative estimate of drug-likeness (QED) is 0.681. The Hall–Kier alpha value is -2.67. The molecule has 0 saturated carbocycles. The summed E-state index contributed by atoms with van der Waals surface area (Å²) >= 11 is 0. The van der Waals surface area contributed by atoms with Crippen molar-refractivity contribution < 1.29 is 13.2 Å². The van der Waals surface area contributed by atoms with Crippen LogP contribution in [-0.4, -0.2) is 24.2 Å². The van der Waals surface area contributed by atoms with E-state index in [2.05, 4.69) is 35.5 Å². The van der Waals surface area contributed by atoms with Gasteiger partial charge in [-0.1, -0.05) is 32.9 Å². The minimum atomic E-state index is -3.74. The van der Waals surface area contributed by atoms with E-state index in [9.17, 15) is 13.2 Å². The molecule has 2 aromatic carbocycles. The van der Waals surface area contributed by atoms with Crippen LogP contribution in [0.5, 0.6) is 0 Å². The Morgan fingerprint density at radius 1 is 1.08 bits per heavy atom. The zero-order valence-electron chi connectivity index (χ0n) is 15.1. The van der Waals surface area contributed by atoms with E-state index in [1.54, 1.807) is 18.2 Å². The van der Waals surface area contributed by atoms with E-state index in [0.29, 0.717) is 11.3 Å². The normalized spacial score (nSPS) is 12.3. The number of Topliss-reactive ketones (excluding diaryl/α,β-unsaturated/α-hetero) is 1. The number of aromatic nitrogens is 2. The van der Waals surface area contributed by atoms with Crippen molar-refractivity contribution in [1.82, 2.24) is 9.97 Å². The first-order chi connectivity index (χ1) is 12.1. The summed E-state index contributed by atoms with van der Waals surface area (Å²) in [7, 11) is -3.74. The number of carbonyl (C=O) groups is 1. The van der Waals surface area contributed by atoms with Gasteiger partial charge in [-0.2, -0.15) is 0 Å². The van der Waals surface area contributed by atoms with Gasteiger partial charge in [-0.25, -0.2) is 13.4 Å². The summed E-state index contributed by atoms with van der Waals surface area (Å²) in [6.45, 7) is 7.60. The van der Waals surface area contributed by atoms with Crippen LogP contribution in [0.4, 0.5) is 5.69 Å². The number of H-pyrrole nitrogens is 1. The molecule has 2 N–H and O–H groups in total. The molecule has 26 heavy (non-hydrogen) atoms. The highest BCUT2D eigenvalue weighted by Crippen LogP contribution is 2.25.